The van der Waals surface area contributed by atoms with Gasteiger partial charge < -0.3 is 14.4 Å². The molecule has 0 saturated carbocycles. The predicted molar refractivity (Wildman–Crippen MR) is 92.8 cm³/mol. The van der Waals surface area contributed by atoms with Crippen molar-refractivity contribution in [3.63, 3.8) is 0 Å². The quantitative estimate of drug-likeness (QED) is 0.548. The van der Waals surface area contributed by atoms with Crippen molar-refractivity contribution in [1.29, 1.82) is 0 Å². The minimum Gasteiger partial charge on any atom is -0.497 e. The van der Waals surface area contributed by atoms with Gasteiger partial charge in [-0.3, -0.25) is 4.79 Å². The standard InChI is InChI=1S/C17H21NO6S/c1-18(14-8-9-25(21,22)12-14)16(19)11-24-17(20)7-6-13-4-3-5-15(10-13)23-2/h3-7,10,14H,8-9,11-12H2,1-2H3/b7-6-/t14-/m1/s1. The number of amides is 1. The molecule has 1 aliphatic heterocycles. The lowest BCUT2D eigenvalue weighted by Gasteiger charge is -2.22. The summed E-state index contributed by atoms with van der Waals surface area (Å²) in [7, 11) is -0.00140. The van der Waals surface area contributed by atoms with Gasteiger partial charge >= 0.3 is 5.97 Å². The van der Waals surface area contributed by atoms with Crippen LogP contribution in [-0.2, 0) is 24.2 Å². The first-order chi connectivity index (χ1) is 11.8. The van der Waals surface area contributed by atoms with Gasteiger partial charge in [0.05, 0.1) is 18.6 Å². The lowest BCUT2D eigenvalue weighted by Crippen LogP contribution is -2.40. The summed E-state index contributed by atoms with van der Waals surface area (Å²) in [6, 6.07) is 6.77. The van der Waals surface area contributed by atoms with E-state index in [0.29, 0.717) is 12.2 Å². The summed E-state index contributed by atoms with van der Waals surface area (Å²) in [6.07, 6.45) is 3.19. The van der Waals surface area contributed by atoms with Crippen LogP contribution >= 0.6 is 0 Å². The van der Waals surface area contributed by atoms with E-state index in [2.05, 4.69) is 0 Å². The zero-order valence-corrected chi connectivity index (χ0v) is 15.0. The van der Waals surface area contributed by atoms with Gasteiger partial charge in [-0.2, -0.15) is 0 Å². The van der Waals surface area contributed by atoms with Crippen molar-refractivity contribution >= 4 is 27.8 Å². The summed E-state index contributed by atoms with van der Waals surface area (Å²) >= 11 is 0. The van der Waals surface area contributed by atoms with Crippen LogP contribution in [0.1, 0.15) is 12.0 Å². The number of sulfone groups is 1. The topological polar surface area (TPSA) is 90.0 Å². The van der Waals surface area contributed by atoms with Crippen LogP contribution < -0.4 is 4.74 Å². The molecule has 0 spiro atoms. The molecule has 0 aromatic heterocycles. The summed E-state index contributed by atoms with van der Waals surface area (Å²) in [5, 5.41) is 0. The summed E-state index contributed by atoms with van der Waals surface area (Å²) in [5.41, 5.74) is 0.760. The van der Waals surface area contributed by atoms with Crippen molar-refractivity contribution in [1.82, 2.24) is 4.90 Å². The number of esters is 1. The molecule has 25 heavy (non-hydrogen) atoms. The normalized spacial score (nSPS) is 18.9. The van der Waals surface area contributed by atoms with Crippen LogP contribution in [0.4, 0.5) is 0 Å². The molecule has 2 rings (SSSR count). The van der Waals surface area contributed by atoms with E-state index in [-0.39, 0.29) is 17.5 Å². The van der Waals surface area contributed by atoms with Crippen LogP contribution in [0.15, 0.2) is 30.3 Å². The Labute approximate surface area is 147 Å². The molecule has 1 aliphatic rings. The van der Waals surface area contributed by atoms with E-state index in [1.165, 1.54) is 18.0 Å². The van der Waals surface area contributed by atoms with Gasteiger partial charge in [-0.25, -0.2) is 13.2 Å². The molecule has 1 aromatic rings. The van der Waals surface area contributed by atoms with Crippen LogP contribution in [-0.4, -0.2) is 63.5 Å². The van der Waals surface area contributed by atoms with Crippen molar-refractivity contribution < 1.29 is 27.5 Å². The number of benzene rings is 1. The Bertz CT molecular complexity index is 771. The largest absolute Gasteiger partial charge is 0.497 e. The first-order valence-electron chi connectivity index (χ1n) is 7.76. The van der Waals surface area contributed by atoms with Crippen molar-refractivity contribution in [2.24, 2.45) is 0 Å². The average Bonchev–Trinajstić information content (AvgIpc) is 2.97. The molecule has 1 heterocycles. The second-order valence-electron chi connectivity index (χ2n) is 5.78. The molecule has 0 unspecified atom stereocenters. The van der Waals surface area contributed by atoms with E-state index in [0.717, 1.165) is 5.56 Å². The van der Waals surface area contributed by atoms with Gasteiger partial charge in [0.15, 0.2) is 16.4 Å². The minimum atomic E-state index is -3.07. The molecule has 136 valence electrons. The van der Waals surface area contributed by atoms with Gasteiger partial charge in [-0.05, 0) is 30.2 Å². The number of carbonyl (C=O) groups excluding carboxylic acids is 2. The maximum absolute atomic E-state index is 12.0. The fourth-order valence-electron chi connectivity index (χ4n) is 2.48. The highest BCUT2D eigenvalue weighted by atomic mass is 32.2. The van der Waals surface area contributed by atoms with Crippen LogP contribution in [0.5, 0.6) is 5.75 Å². The Morgan fingerprint density at radius 3 is 2.76 bits per heavy atom. The molecule has 0 radical (unpaired) electrons. The van der Waals surface area contributed by atoms with E-state index >= 15 is 0 Å². The molecule has 1 aromatic carbocycles. The van der Waals surface area contributed by atoms with Crippen molar-refractivity contribution in [3.05, 3.63) is 35.9 Å². The number of nitrogens with zero attached hydrogens (tertiary/aromatic N) is 1. The van der Waals surface area contributed by atoms with E-state index in [4.69, 9.17) is 9.47 Å². The highest BCUT2D eigenvalue weighted by Gasteiger charge is 2.32. The minimum absolute atomic E-state index is 0.0427. The lowest BCUT2D eigenvalue weighted by atomic mass is 10.2. The van der Waals surface area contributed by atoms with E-state index in [1.807, 2.05) is 0 Å². The molecule has 0 bridgehead atoms. The van der Waals surface area contributed by atoms with Crippen molar-refractivity contribution in [2.45, 2.75) is 12.5 Å². The molecular weight excluding hydrogens is 346 g/mol. The van der Waals surface area contributed by atoms with Gasteiger partial charge in [-0.1, -0.05) is 12.1 Å². The third-order valence-electron chi connectivity index (χ3n) is 3.99. The highest BCUT2D eigenvalue weighted by molar-refractivity contribution is 7.91. The SMILES string of the molecule is COc1cccc(/C=C\C(=O)OCC(=O)N(C)[C@@H]2CCS(=O)(=O)C2)c1. The number of carbonyl (C=O) groups is 2. The zero-order valence-electron chi connectivity index (χ0n) is 14.2. The molecule has 1 amide bonds. The number of likely N-dealkylation sites (N-methyl/N-ethyl adjacent to an activating group) is 1. The maximum Gasteiger partial charge on any atom is 0.331 e. The van der Waals surface area contributed by atoms with Gasteiger partial charge in [0.2, 0.25) is 0 Å². The number of rotatable bonds is 6. The van der Waals surface area contributed by atoms with E-state index in [9.17, 15) is 18.0 Å². The first-order valence-corrected chi connectivity index (χ1v) is 9.58. The molecular formula is C17H21NO6S. The van der Waals surface area contributed by atoms with Crippen LogP contribution in [0.2, 0.25) is 0 Å². The van der Waals surface area contributed by atoms with Crippen LogP contribution in [0.3, 0.4) is 0 Å². The summed E-state index contributed by atoms with van der Waals surface area (Å²) in [4.78, 5) is 25.1. The number of methoxy groups -OCH3 is 1. The second kappa shape index (κ2) is 8.15. The highest BCUT2D eigenvalue weighted by Crippen LogP contribution is 2.16. The number of hydrogen-bond acceptors (Lipinski definition) is 6. The Morgan fingerprint density at radius 2 is 2.12 bits per heavy atom. The summed E-state index contributed by atoms with van der Waals surface area (Å²) in [5.74, 6) is -0.371. The molecule has 1 saturated heterocycles. The second-order valence-corrected chi connectivity index (χ2v) is 8.01. The van der Waals surface area contributed by atoms with Crippen molar-refractivity contribution in [2.75, 3.05) is 32.3 Å². The van der Waals surface area contributed by atoms with Crippen LogP contribution in [0.25, 0.3) is 6.08 Å². The Hall–Kier alpha value is -2.35. The molecule has 7 nitrogen and oxygen atoms in total. The van der Waals surface area contributed by atoms with E-state index in [1.54, 1.807) is 37.5 Å². The van der Waals surface area contributed by atoms with Crippen LogP contribution in [0, 0.1) is 0 Å². The monoisotopic (exact) mass is 367 g/mol. The molecule has 1 atom stereocenters. The summed E-state index contributed by atoms with van der Waals surface area (Å²) < 4.78 is 32.9. The summed E-state index contributed by atoms with van der Waals surface area (Å²) in [6.45, 7) is -0.422. The van der Waals surface area contributed by atoms with E-state index < -0.39 is 28.3 Å². The molecule has 0 N–H and O–H groups in total. The fraction of sp³-hybridized carbons (Fsp3) is 0.412. The Morgan fingerprint density at radius 1 is 1.36 bits per heavy atom. The van der Waals surface area contributed by atoms with Gasteiger partial charge in [-0.15, -0.1) is 0 Å². The first kappa shape index (κ1) is 19.0. The predicted octanol–water partition coefficient (Wildman–Crippen LogP) is 0.897. The third kappa shape index (κ3) is 5.60. The number of ether oxygens (including phenoxy) is 2. The lowest BCUT2D eigenvalue weighted by molar-refractivity contribution is -0.148. The zero-order chi connectivity index (χ0) is 18.4. The molecule has 0 aliphatic carbocycles. The van der Waals surface area contributed by atoms with Gasteiger partial charge in [0.25, 0.3) is 5.91 Å². The Balaban J connectivity index is 1.82. The average molecular weight is 367 g/mol. The number of hydrogen-bond donors (Lipinski definition) is 0. The van der Waals surface area contributed by atoms with Gasteiger partial charge in [0, 0.05) is 19.2 Å². The fourth-order valence-corrected chi connectivity index (χ4v) is 4.25. The molecule has 8 heteroatoms. The van der Waals surface area contributed by atoms with Gasteiger partial charge in [0.1, 0.15) is 5.75 Å². The third-order valence-corrected chi connectivity index (χ3v) is 5.74. The maximum atomic E-state index is 12.0. The molecule has 1 fully saturated rings. The Kier molecular flexibility index (Phi) is 6.19. The van der Waals surface area contributed by atoms with Crippen molar-refractivity contribution in [3.8, 4) is 5.75 Å². The smallest absolute Gasteiger partial charge is 0.331 e.